The Morgan fingerprint density at radius 2 is 0.900 bits per heavy atom. The lowest BCUT2D eigenvalue weighted by atomic mass is 10.2. The van der Waals surface area contributed by atoms with Crippen LogP contribution in [0.4, 0.5) is 43.4 Å². The Morgan fingerprint density at radius 1 is 0.456 bits per heavy atom. The van der Waals surface area contributed by atoms with Gasteiger partial charge >= 0.3 is 34.1 Å². The molecule has 0 aliphatic heterocycles. The van der Waals surface area contributed by atoms with Gasteiger partial charge in [0.15, 0.2) is 23.2 Å². The SMILES string of the molecule is O=C(Nc1c(F)cccc1Oc1ccc2[nH]c(=O)[nH]c2c1)c1cccn(Cc2ccc(F)c(F)c2)c1=O.O=[N+]([O-])c1c(F)cccc1F.O=c1[nH]c2ccc(O)cc2[nH]1.O=c1[nH]c2ccc(Oc3cccc(F)c3[N+](=O)[O-])cc2[nH]1.O=c1[nH]c2ccccc2[nH]1. The molecule has 0 atom stereocenters. The molecule has 0 fully saturated rings. The standard InChI is InChI=1S/C26H17F3N4O4.C13H8FN3O4.C7H6N2O2.C7H6N2O.C6H3F2NO2/c27-17-8-6-14(11-19(17)29)13-33-10-2-3-16(25(33)35)24(34)32-23-18(28)4-1-5-22(23)37-15-7-9-20-21(12-15)31-26(36)30-20;14-8-2-1-3-11(12(8)17(19)20)21-7-4-5-9-10(6-7)16-13(18)15-9;10-4-1-2-5-6(3-4)9-7(11)8-5;10-7-8-5-3-1-2-4-6(5)9-7;7-4-2-1-3-5(8)6(4)9(10)11/h1-12H,13H2,(H,32,34)(H2,30,31,36);1-6H,(H2,15,16,18);1-3,10H,(H2,8,9,11);1-4H,(H2,8,9,10);1-3H. The van der Waals surface area contributed by atoms with Crippen molar-refractivity contribution in [2.24, 2.45) is 0 Å². The average molecular weight is 1240 g/mol. The summed E-state index contributed by atoms with van der Waals surface area (Å²) in [6, 6.07) is 37.5. The maximum atomic E-state index is 14.7. The molecule has 10 N–H and O–H groups in total. The molecular formula is C59H40F6N12O13. The number of pyridine rings is 1. The molecule has 25 nitrogen and oxygen atoms in total. The fourth-order valence-electron chi connectivity index (χ4n) is 8.38. The minimum Gasteiger partial charge on any atom is -0.508 e. The first kappa shape index (κ1) is 61.6. The minimum absolute atomic E-state index is 0.0383. The number of benzene rings is 8. The lowest BCUT2D eigenvalue weighted by Gasteiger charge is -2.14. The molecule has 5 heterocycles. The molecule has 0 bridgehead atoms. The summed E-state index contributed by atoms with van der Waals surface area (Å²) in [6.45, 7) is -0.116. The zero-order valence-corrected chi connectivity index (χ0v) is 45.3. The van der Waals surface area contributed by atoms with Crippen molar-refractivity contribution in [1.29, 1.82) is 0 Å². The van der Waals surface area contributed by atoms with Crippen LogP contribution in [-0.4, -0.2) is 65.3 Å². The van der Waals surface area contributed by atoms with Crippen molar-refractivity contribution in [3.8, 4) is 28.7 Å². The number of phenols is 1. The number of nitro groups is 2. The molecule has 0 radical (unpaired) electrons. The normalized spacial score (nSPS) is 10.6. The van der Waals surface area contributed by atoms with Crippen molar-refractivity contribution in [2.45, 2.75) is 6.54 Å². The van der Waals surface area contributed by atoms with Crippen molar-refractivity contribution >= 4 is 67.1 Å². The third kappa shape index (κ3) is 14.9. The second-order valence-corrected chi connectivity index (χ2v) is 18.6. The molecule has 0 aliphatic carbocycles. The number of aromatic hydroxyl groups is 1. The minimum atomic E-state index is -1.16. The second-order valence-electron chi connectivity index (χ2n) is 18.6. The summed E-state index contributed by atoms with van der Waals surface area (Å²) in [4.78, 5) is 109. The summed E-state index contributed by atoms with van der Waals surface area (Å²) in [5.41, 5.74) is 1.07. The van der Waals surface area contributed by atoms with Crippen LogP contribution >= 0.6 is 0 Å². The molecule has 13 aromatic rings. The van der Waals surface area contributed by atoms with Crippen LogP contribution in [0.15, 0.2) is 194 Å². The van der Waals surface area contributed by atoms with Gasteiger partial charge in [0.25, 0.3) is 11.5 Å². The number of anilines is 1. The Labute approximate surface area is 494 Å². The van der Waals surface area contributed by atoms with E-state index in [0.29, 0.717) is 38.7 Å². The summed E-state index contributed by atoms with van der Waals surface area (Å²) >= 11 is 0. The first-order valence-corrected chi connectivity index (χ1v) is 25.7. The first-order valence-electron chi connectivity index (χ1n) is 25.7. The molecule has 0 saturated carbocycles. The molecule has 0 saturated heterocycles. The Morgan fingerprint density at radius 3 is 1.41 bits per heavy atom. The van der Waals surface area contributed by atoms with Gasteiger partial charge in [0, 0.05) is 24.4 Å². The van der Waals surface area contributed by atoms with Crippen molar-refractivity contribution in [2.75, 3.05) is 5.32 Å². The fourth-order valence-corrected chi connectivity index (χ4v) is 8.38. The molecule has 0 unspecified atom stereocenters. The number of aromatic amines is 8. The molecule has 31 heteroatoms. The average Bonchev–Trinajstić information content (AvgIpc) is 1.10. The molecule has 1 amide bonds. The summed E-state index contributed by atoms with van der Waals surface area (Å²) in [5.74, 6) is -6.68. The summed E-state index contributed by atoms with van der Waals surface area (Å²) in [5, 5.41) is 32.2. The number of ether oxygens (including phenoxy) is 2. The number of amides is 1. The highest BCUT2D eigenvalue weighted by Crippen LogP contribution is 2.35. The van der Waals surface area contributed by atoms with Crippen LogP contribution < -0.4 is 43.1 Å². The number of nitrogens with one attached hydrogen (secondary N) is 9. The molecule has 13 rings (SSSR count). The number of aromatic nitrogens is 9. The predicted octanol–water partition coefficient (Wildman–Crippen LogP) is 10.5. The molecule has 456 valence electrons. The number of para-hydroxylation sites is 5. The molecule has 0 spiro atoms. The van der Waals surface area contributed by atoms with Gasteiger partial charge in [-0.1, -0.05) is 36.4 Å². The van der Waals surface area contributed by atoms with E-state index >= 15 is 0 Å². The van der Waals surface area contributed by atoms with Crippen molar-refractivity contribution in [3.63, 3.8) is 0 Å². The maximum Gasteiger partial charge on any atom is 0.346 e. The van der Waals surface area contributed by atoms with E-state index in [4.69, 9.17) is 14.6 Å². The highest BCUT2D eigenvalue weighted by molar-refractivity contribution is 6.05. The van der Waals surface area contributed by atoms with E-state index in [1.807, 2.05) is 24.3 Å². The second kappa shape index (κ2) is 27.0. The van der Waals surface area contributed by atoms with Crippen LogP contribution in [0, 0.1) is 55.1 Å². The van der Waals surface area contributed by atoms with Gasteiger partial charge in [-0.15, -0.1) is 0 Å². The molecule has 8 aromatic carbocycles. The smallest absolute Gasteiger partial charge is 0.346 e. The van der Waals surface area contributed by atoms with Gasteiger partial charge in [-0.05, 0) is 115 Å². The quantitative estimate of drug-likeness (QED) is 0.0346. The third-order valence-electron chi connectivity index (χ3n) is 12.4. The number of halogens is 6. The number of rotatable bonds is 10. The molecule has 5 aromatic heterocycles. The number of nitro benzene ring substituents is 2. The number of hydrogen-bond donors (Lipinski definition) is 10. The van der Waals surface area contributed by atoms with E-state index in [1.165, 1.54) is 79.0 Å². The van der Waals surface area contributed by atoms with Gasteiger partial charge in [0.2, 0.25) is 23.2 Å². The Balaban J connectivity index is 0.000000150. The molecule has 0 aliphatic rings. The fraction of sp³-hybridized carbons (Fsp3) is 0.0169. The Kier molecular flexibility index (Phi) is 18.4. The maximum absolute atomic E-state index is 14.7. The van der Waals surface area contributed by atoms with E-state index in [1.54, 1.807) is 24.3 Å². The zero-order valence-electron chi connectivity index (χ0n) is 45.3. The van der Waals surface area contributed by atoms with Gasteiger partial charge in [-0.25, -0.2) is 32.3 Å². The first-order chi connectivity index (χ1) is 43.1. The van der Waals surface area contributed by atoms with E-state index in [0.717, 1.165) is 58.1 Å². The van der Waals surface area contributed by atoms with E-state index < -0.39 is 73.3 Å². The number of H-pyrrole nitrogens is 8. The predicted molar refractivity (Wildman–Crippen MR) is 314 cm³/mol. The van der Waals surface area contributed by atoms with Gasteiger partial charge in [-0.3, -0.25) is 29.8 Å². The van der Waals surface area contributed by atoms with E-state index in [-0.39, 0.29) is 63.6 Å². The number of phenolic OH excluding ortho intramolecular Hbond substituents is 1. The highest BCUT2D eigenvalue weighted by atomic mass is 19.2. The summed E-state index contributed by atoms with van der Waals surface area (Å²) in [7, 11) is 0. The lowest BCUT2D eigenvalue weighted by Crippen LogP contribution is -2.29. The van der Waals surface area contributed by atoms with Gasteiger partial charge in [0.05, 0.1) is 60.5 Å². The van der Waals surface area contributed by atoms with Crippen molar-refractivity contribution < 1.29 is 55.6 Å². The topological polar surface area (TPSA) is 371 Å². The van der Waals surface area contributed by atoms with E-state index in [2.05, 4.69) is 45.2 Å². The number of nitrogens with zero attached hydrogens (tertiary/aromatic N) is 3. The lowest BCUT2D eigenvalue weighted by molar-refractivity contribution is -0.390. The van der Waals surface area contributed by atoms with Crippen LogP contribution in [0.3, 0.4) is 0 Å². The van der Waals surface area contributed by atoms with Crippen LogP contribution in [0.25, 0.3) is 44.1 Å². The molecular weight excluding hydrogens is 1200 g/mol. The Hall–Kier alpha value is -13.0. The monoisotopic (exact) mass is 1240 g/mol. The van der Waals surface area contributed by atoms with Crippen LogP contribution in [0.1, 0.15) is 15.9 Å². The molecule has 90 heavy (non-hydrogen) atoms. The van der Waals surface area contributed by atoms with Gasteiger partial charge in [-0.2, -0.15) is 13.2 Å². The largest absolute Gasteiger partial charge is 0.508 e. The highest BCUT2D eigenvalue weighted by Gasteiger charge is 2.23. The van der Waals surface area contributed by atoms with Crippen LogP contribution in [0.2, 0.25) is 0 Å². The van der Waals surface area contributed by atoms with Crippen molar-refractivity contribution in [3.05, 3.63) is 289 Å². The van der Waals surface area contributed by atoms with Gasteiger partial charge < -0.3 is 64.3 Å². The number of carbonyl (C=O) groups is 1. The number of imidazole rings is 4. The number of hydrogen-bond acceptors (Lipinski definition) is 13. The van der Waals surface area contributed by atoms with Crippen LogP contribution in [-0.2, 0) is 6.54 Å². The summed E-state index contributed by atoms with van der Waals surface area (Å²) in [6.07, 6.45) is 1.39. The van der Waals surface area contributed by atoms with E-state index in [9.17, 15) is 75.3 Å². The Bertz CT molecular complexity index is 5110. The third-order valence-corrected chi connectivity index (χ3v) is 12.4. The number of fused-ring (bicyclic) bond motifs is 4. The zero-order chi connectivity index (χ0) is 64.3. The number of carbonyl (C=O) groups excluding carboxylic acids is 1. The van der Waals surface area contributed by atoms with Crippen LogP contribution in [0.5, 0.6) is 28.7 Å². The van der Waals surface area contributed by atoms with Gasteiger partial charge in [0.1, 0.15) is 28.5 Å². The summed E-state index contributed by atoms with van der Waals surface area (Å²) < 4.78 is 92.1. The van der Waals surface area contributed by atoms with Crippen molar-refractivity contribution in [1.82, 2.24) is 44.4 Å².